The van der Waals surface area contributed by atoms with Crippen LogP contribution < -0.4 is 31.1 Å². The van der Waals surface area contributed by atoms with Gasteiger partial charge in [0.15, 0.2) is 0 Å². The molecule has 2 aliphatic heterocycles. The number of hydrogen-bond donors (Lipinski definition) is 0. The van der Waals surface area contributed by atoms with Gasteiger partial charge >= 0.3 is 0 Å². The summed E-state index contributed by atoms with van der Waals surface area (Å²) >= 11 is 0. The van der Waals surface area contributed by atoms with Crippen molar-refractivity contribution in [2.45, 2.75) is 27.7 Å². The minimum Gasteiger partial charge on any atom is -0.311 e. The van der Waals surface area contributed by atoms with Crippen molar-refractivity contribution in [3.8, 4) is 0 Å². The fourth-order valence-electron chi connectivity index (χ4n) is 8.41. The first kappa shape index (κ1) is 30.1. The molecule has 2 aliphatic rings. The van der Waals surface area contributed by atoms with Crippen LogP contribution in [0.15, 0.2) is 158 Å². The first-order valence-corrected chi connectivity index (χ1v) is 17.5. The van der Waals surface area contributed by atoms with E-state index in [0.29, 0.717) is 0 Å². The van der Waals surface area contributed by atoms with E-state index in [2.05, 4.69) is 200 Å². The van der Waals surface area contributed by atoms with Crippen LogP contribution in [0.4, 0.5) is 51.2 Å². The number of fused-ring (bicyclic) bond motifs is 4. The van der Waals surface area contributed by atoms with Gasteiger partial charge < -0.3 is 14.7 Å². The van der Waals surface area contributed by atoms with Gasteiger partial charge in [0.25, 0.3) is 6.71 Å². The summed E-state index contributed by atoms with van der Waals surface area (Å²) in [5.74, 6) is 0. The number of benzene rings is 7. The third kappa shape index (κ3) is 4.59. The van der Waals surface area contributed by atoms with Gasteiger partial charge in [0.05, 0.1) is 17.1 Å². The Morgan fingerprint density at radius 2 is 0.780 bits per heavy atom. The molecule has 0 fully saturated rings. The van der Waals surface area contributed by atoms with E-state index in [9.17, 15) is 0 Å². The zero-order valence-corrected chi connectivity index (χ0v) is 28.9. The van der Waals surface area contributed by atoms with Gasteiger partial charge in [0.2, 0.25) is 0 Å². The average molecular weight is 644 g/mol. The molecule has 0 atom stereocenters. The fraction of sp³-hybridized carbons (Fsp3) is 0.0870. The van der Waals surface area contributed by atoms with Crippen LogP contribution in [0.2, 0.25) is 0 Å². The quantitative estimate of drug-likeness (QED) is 0.173. The van der Waals surface area contributed by atoms with Crippen molar-refractivity contribution in [2.24, 2.45) is 0 Å². The van der Waals surface area contributed by atoms with Crippen molar-refractivity contribution in [3.05, 3.63) is 180 Å². The molecule has 0 aliphatic carbocycles. The van der Waals surface area contributed by atoms with E-state index in [4.69, 9.17) is 0 Å². The van der Waals surface area contributed by atoms with Crippen LogP contribution in [-0.2, 0) is 0 Å². The lowest BCUT2D eigenvalue weighted by Gasteiger charge is -2.45. The molecule has 0 radical (unpaired) electrons. The number of rotatable bonds is 5. The van der Waals surface area contributed by atoms with Gasteiger partial charge in [-0.2, -0.15) is 0 Å². The molecule has 0 aromatic heterocycles. The van der Waals surface area contributed by atoms with Crippen LogP contribution in [0.25, 0.3) is 0 Å². The van der Waals surface area contributed by atoms with Gasteiger partial charge in [0, 0.05) is 34.1 Å². The Morgan fingerprint density at radius 1 is 0.400 bits per heavy atom. The van der Waals surface area contributed by atoms with E-state index in [1.807, 2.05) is 0 Å². The van der Waals surface area contributed by atoms with Gasteiger partial charge in [0.1, 0.15) is 0 Å². The third-order valence-corrected chi connectivity index (χ3v) is 10.5. The largest absolute Gasteiger partial charge is 0.311 e. The highest BCUT2D eigenvalue weighted by atomic mass is 15.2. The lowest BCUT2D eigenvalue weighted by atomic mass is 9.33. The standard InChI is InChI=1S/C46H38BN3/c1-31-17-15-18-32(2)45(31)50(46-33(3)19-16-20-34(46)4)37-29-42-44-43(30-37)49(36-23-9-6-10-24-36)41-28-14-12-26-39(41)47(44)38-25-11-13-27-40(38)48(42)35-21-7-5-8-22-35/h5-30H,1-4H3. The molecule has 0 bridgehead atoms. The van der Waals surface area contributed by atoms with Crippen molar-refractivity contribution in [1.29, 1.82) is 0 Å². The molecule has 0 spiro atoms. The first-order valence-electron chi connectivity index (χ1n) is 17.5. The number of anilines is 9. The highest BCUT2D eigenvalue weighted by molar-refractivity contribution is 7.00. The van der Waals surface area contributed by atoms with E-state index in [0.717, 1.165) is 17.1 Å². The average Bonchev–Trinajstić information content (AvgIpc) is 3.14. The Labute approximate surface area is 295 Å². The molecule has 7 aromatic rings. The summed E-state index contributed by atoms with van der Waals surface area (Å²) in [6.07, 6.45) is 0. The zero-order valence-electron chi connectivity index (χ0n) is 28.9. The summed E-state index contributed by atoms with van der Waals surface area (Å²) in [6, 6.07) is 57.9. The minimum absolute atomic E-state index is 0.0789. The molecule has 0 saturated carbocycles. The topological polar surface area (TPSA) is 9.72 Å². The molecule has 7 aromatic carbocycles. The van der Waals surface area contributed by atoms with Gasteiger partial charge in [-0.25, -0.2) is 0 Å². The molecule has 240 valence electrons. The Hall–Kier alpha value is -6.00. The maximum atomic E-state index is 2.52. The van der Waals surface area contributed by atoms with Crippen LogP contribution in [-0.4, -0.2) is 6.71 Å². The first-order chi connectivity index (χ1) is 24.5. The molecule has 50 heavy (non-hydrogen) atoms. The highest BCUT2D eigenvalue weighted by Gasteiger charge is 2.43. The van der Waals surface area contributed by atoms with Gasteiger partial charge in [-0.3, -0.25) is 0 Å². The van der Waals surface area contributed by atoms with E-state index in [-0.39, 0.29) is 6.71 Å². The molecular formula is C46H38BN3. The summed E-state index contributed by atoms with van der Waals surface area (Å²) in [6.45, 7) is 9.03. The molecule has 3 nitrogen and oxygen atoms in total. The second kappa shape index (κ2) is 11.9. The Bertz CT molecular complexity index is 2200. The van der Waals surface area contributed by atoms with Crippen LogP contribution in [0.3, 0.4) is 0 Å². The van der Waals surface area contributed by atoms with Crippen LogP contribution in [0, 0.1) is 27.7 Å². The van der Waals surface area contributed by atoms with Crippen molar-refractivity contribution < 1.29 is 0 Å². The number of aryl methyl sites for hydroxylation is 4. The molecule has 0 amide bonds. The lowest BCUT2D eigenvalue weighted by molar-refractivity contribution is 1.17. The van der Waals surface area contributed by atoms with E-state index in [1.54, 1.807) is 0 Å². The predicted octanol–water partition coefficient (Wildman–Crippen LogP) is 10.5. The maximum Gasteiger partial charge on any atom is 0.252 e. The van der Waals surface area contributed by atoms with Crippen LogP contribution >= 0.6 is 0 Å². The van der Waals surface area contributed by atoms with Crippen molar-refractivity contribution in [2.75, 3.05) is 14.7 Å². The van der Waals surface area contributed by atoms with E-state index >= 15 is 0 Å². The number of nitrogens with zero attached hydrogens (tertiary/aromatic N) is 3. The summed E-state index contributed by atoms with van der Waals surface area (Å²) in [4.78, 5) is 7.49. The van der Waals surface area contributed by atoms with Gasteiger partial charge in [-0.05, 0) is 115 Å². The number of hydrogen-bond acceptors (Lipinski definition) is 3. The predicted molar refractivity (Wildman–Crippen MR) is 214 cm³/mol. The SMILES string of the molecule is Cc1cccc(C)c1N(c1cc2c3c(c1)N(c1ccccc1)c1ccccc1B3c1ccccc1N2c1ccccc1)c1c(C)cccc1C. The number of para-hydroxylation sites is 6. The Morgan fingerprint density at radius 3 is 1.20 bits per heavy atom. The normalized spacial score (nSPS) is 12.7. The van der Waals surface area contributed by atoms with Crippen LogP contribution in [0.5, 0.6) is 0 Å². The zero-order chi connectivity index (χ0) is 33.9. The third-order valence-electron chi connectivity index (χ3n) is 10.5. The smallest absolute Gasteiger partial charge is 0.252 e. The molecule has 0 N–H and O–H groups in total. The fourth-order valence-corrected chi connectivity index (χ4v) is 8.41. The highest BCUT2D eigenvalue weighted by Crippen LogP contribution is 2.49. The monoisotopic (exact) mass is 643 g/mol. The summed E-state index contributed by atoms with van der Waals surface area (Å²) < 4.78 is 0. The molecule has 0 saturated heterocycles. The summed E-state index contributed by atoms with van der Waals surface area (Å²) in [5, 5.41) is 0. The molecule has 4 heteroatoms. The maximum absolute atomic E-state index is 2.52. The molecule has 0 unspecified atom stereocenters. The second-order valence-electron chi connectivity index (χ2n) is 13.6. The van der Waals surface area contributed by atoms with E-state index < -0.39 is 0 Å². The van der Waals surface area contributed by atoms with Crippen molar-refractivity contribution in [1.82, 2.24) is 0 Å². The summed E-state index contributed by atoms with van der Waals surface area (Å²) in [5.41, 5.74) is 19.6. The van der Waals surface area contributed by atoms with Crippen molar-refractivity contribution >= 4 is 74.3 Å². The van der Waals surface area contributed by atoms with Gasteiger partial charge in [-0.15, -0.1) is 0 Å². The Kier molecular flexibility index (Phi) is 7.13. The van der Waals surface area contributed by atoms with Crippen molar-refractivity contribution in [3.63, 3.8) is 0 Å². The van der Waals surface area contributed by atoms with Gasteiger partial charge in [-0.1, -0.05) is 109 Å². The Balaban J connectivity index is 1.44. The second-order valence-corrected chi connectivity index (χ2v) is 13.6. The van der Waals surface area contributed by atoms with E-state index in [1.165, 1.54) is 72.8 Å². The molecular weight excluding hydrogens is 605 g/mol. The molecule has 2 heterocycles. The lowest BCUT2D eigenvalue weighted by Crippen LogP contribution is -2.61. The van der Waals surface area contributed by atoms with Crippen LogP contribution in [0.1, 0.15) is 22.3 Å². The minimum atomic E-state index is 0.0789. The summed E-state index contributed by atoms with van der Waals surface area (Å²) in [7, 11) is 0. The molecule has 9 rings (SSSR count).